The van der Waals surface area contributed by atoms with Gasteiger partial charge in [0, 0.05) is 17.3 Å². The number of rotatable bonds is 4. The van der Waals surface area contributed by atoms with E-state index in [1.807, 2.05) is 31.2 Å². The van der Waals surface area contributed by atoms with E-state index in [2.05, 4.69) is 15.2 Å². The van der Waals surface area contributed by atoms with E-state index >= 15 is 0 Å². The Morgan fingerprint density at radius 2 is 1.72 bits per heavy atom. The summed E-state index contributed by atoms with van der Waals surface area (Å²) in [5.41, 5.74) is 3.10. The highest BCUT2D eigenvalue weighted by atomic mass is 16.5. The van der Waals surface area contributed by atoms with Gasteiger partial charge < -0.3 is 14.6 Å². The van der Waals surface area contributed by atoms with E-state index in [0.717, 1.165) is 11.1 Å². The lowest BCUT2D eigenvalue weighted by Gasteiger charge is -2.04. The van der Waals surface area contributed by atoms with Crippen molar-refractivity contribution in [2.75, 3.05) is 12.4 Å². The molecule has 0 saturated carbocycles. The first-order valence-electron chi connectivity index (χ1n) is 7.60. The molecule has 126 valence electrons. The summed E-state index contributed by atoms with van der Waals surface area (Å²) in [6.45, 7) is 1.99. The van der Waals surface area contributed by atoms with E-state index in [0.29, 0.717) is 17.0 Å². The van der Waals surface area contributed by atoms with Crippen molar-refractivity contribution in [1.29, 1.82) is 0 Å². The number of ether oxygens (including phenoxy) is 1. The van der Waals surface area contributed by atoms with Crippen LogP contribution in [0.4, 0.5) is 5.69 Å². The van der Waals surface area contributed by atoms with Crippen molar-refractivity contribution in [1.82, 2.24) is 5.16 Å². The predicted molar refractivity (Wildman–Crippen MR) is 92.4 cm³/mol. The van der Waals surface area contributed by atoms with Gasteiger partial charge in [0.1, 0.15) is 0 Å². The molecule has 0 atom stereocenters. The summed E-state index contributed by atoms with van der Waals surface area (Å²) >= 11 is 0. The number of carbonyl (C=O) groups excluding carboxylic acids is 2. The van der Waals surface area contributed by atoms with Gasteiger partial charge in [0.25, 0.3) is 5.91 Å². The van der Waals surface area contributed by atoms with Crippen LogP contribution in [0.5, 0.6) is 0 Å². The maximum absolute atomic E-state index is 12.3. The van der Waals surface area contributed by atoms with Crippen molar-refractivity contribution >= 4 is 17.6 Å². The van der Waals surface area contributed by atoms with Gasteiger partial charge in [-0.15, -0.1) is 0 Å². The van der Waals surface area contributed by atoms with Crippen LogP contribution in [0.1, 0.15) is 26.4 Å². The molecular weight excluding hydrogens is 320 g/mol. The molecule has 0 fully saturated rings. The van der Waals surface area contributed by atoms with Crippen LogP contribution in [0.2, 0.25) is 0 Å². The van der Waals surface area contributed by atoms with Gasteiger partial charge in [0.2, 0.25) is 0 Å². The Bertz CT molecular complexity index is 896. The fraction of sp³-hybridized carbons (Fsp3) is 0.105. The van der Waals surface area contributed by atoms with E-state index in [1.165, 1.54) is 7.11 Å². The molecule has 0 saturated heterocycles. The summed E-state index contributed by atoms with van der Waals surface area (Å²) in [6, 6.07) is 15.7. The van der Waals surface area contributed by atoms with E-state index in [1.54, 1.807) is 30.3 Å². The molecule has 2 aromatic carbocycles. The predicted octanol–water partition coefficient (Wildman–Crippen LogP) is 3.69. The molecule has 25 heavy (non-hydrogen) atoms. The van der Waals surface area contributed by atoms with Gasteiger partial charge >= 0.3 is 5.97 Å². The maximum Gasteiger partial charge on any atom is 0.337 e. The lowest BCUT2D eigenvalue weighted by atomic mass is 10.1. The Balaban J connectivity index is 1.71. The molecular formula is C19H16N2O4. The van der Waals surface area contributed by atoms with E-state index in [4.69, 9.17) is 4.52 Å². The van der Waals surface area contributed by atoms with E-state index in [9.17, 15) is 9.59 Å². The molecule has 1 heterocycles. The number of nitrogens with one attached hydrogen (secondary N) is 1. The number of aryl methyl sites for hydroxylation is 1. The third-order valence-corrected chi connectivity index (χ3v) is 3.64. The average molecular weight is 336 g/mol. The van der Waals surface area contributed by atoms with Crippen LogP contribution in [0.15, 0.2) is 59.1 Å². The van der Waals surface area contributed by atoms with Crippen molar-refractivity contribution in [2.45, 2.75) is 6.92 Å². The van der Waals surface area contributed by atoms with Gasteiger partial charge in [0.05, 0.1) is 12.7 Å². The molecule has 0 radical (unpaired) electrons. The van der Waals surface area contributed by atoms with Gasteiger partial charge in [-0.1, -0.05) is 35.0 Å². The molecule has 1 N–H and O–H groups in total. The Labute approximate surface area is 144 Å². The number of esters is 1. The monoisotopic (exact) mass is 336 g/mol. The first-order chi connectivity index (χ1) is 12.1. The average Bonchev–Trinajstić information content (AvgIpc) is 3.12. The number of carbonyl (C=O) groups is 2. The van der Waals surface area contributed by atoms with Gasteiger partial charge in [-0.25, -0.2) is 4.79 Å². The van der Waals surface area contributed by atoms with Crippen LogP contribution in [-0.4, -0.2) is 24.1 Å². The fourth-order valence-corrected chi connectivity index (χ4v) is 2.24. The zero-order valence-corrected chi connectivity index (χ0v) is 13.8. The number of benzene rings is 2. The number of nitrogens with zero attached hydrogens (tertiary/aromatic N) is 1. The highest BCUT2D eigenvalue weighted by Crippen LogP contribution is 2.21. The topological polar surface area (TPSA) is 81.4 Å². The molecule has 0 aliphatic rings. The van der Waals surface area contributed by atoms with Gasteiger partial charge in [-0.05, 0) is 31.2 Å². The third kappa shape index (κ3) is 3.74. The Morgan fingerprint density at radius 3 is 2.36 bits per heavy atom. The number of hydrogen-bond acceptors (Lipinski definition) is 5. The fourth-order valence-electron chi connectivity index (χ4n) is 2.24. The van der Waals surface area contributed by atoms with Gasteiger partial charge in [-0.3, -0.25) is 4.79 Å². The number of amides is 1. The first kappa shape index (κ1) is 16.4. The molecule has 0 aliphatic carbocycles. The Morgan fingerprint density at radius 1 is 1.04 bits per heavy atom. The molecule has 0 aliphatic heterocycles. The number of hydrogen-bond donors (Lipinski definition) is 1. The van der Waals surface area contributed by atoms with Crippen molar-refractivity contribution in [3.63, 3.8) is 0 Å². The lowest BCUT2D eigenvalue weighted by Crippen LogP contribution is -2.12. The molecule has 6 heteroatoms. The second kappa shape index (κ2) is 7.00. The molecule has 1 amide bonds. The van der Waals surface area contributed by atoms with Gasteiger partial charge in [0.15, 0.2) is 11.5 Å². The zero-order valence-electron chi connectivity index (χ0n) is 13.8. The molecule has 0 bridgehead atoms. The number of aromatic nitrogens is 1. The number of methoxy groups -OCH3 is 1. The lowest BCUT2D eigenvalue weighted by molar-refractivity contribution is 0.0600. The summed E-state index contributed by atoms with van der Waals surface area (Å²) in [4.78, 5) is 23.7. The Kier molecular flexibility index (Phi) is 4.61. The van der Waals surface area contributed by atoms with Crippen LogP contribution >= 0.6 is 0 Å². The second-order valence-corrected chi connectivity index (χ2v) is 5.47. The third-order valence-electron chi connectivity index (χ3n) is 3.64. The van der Waals surface area contributed by atoms with Crippen molar-refractivity contribution in [2.24, 2.45) is 0 Å². The Hall–Kier alpha value is -3.41. The summed E-state index contributed by atoms with van der Waals surface area (Å²) in [5.74, 6) is -0.309. The van der Waals surface area contributed by atoms with Crippen molar-refractivity contribution in [3.05, 3.63) is 71.4 Å². The first-order valence-corrected chi connectivity index (χ1v) is 7.60. The van der Waals surface area contributed by atoms with Crippen LogP contribution in [0.25, 0.3) is 11.3 Å². The van der Waals surface area contributed by atoms with E-state index < -0.39 is 11.9 Å². The minimum atomic E-state index is -0.433. The normalized spacial score (nSPS) is 10.3. The molecule has 6 nitrogen and oxygen atoms in total. The van der Waals surface area contributed by atoms with Crippen LogP contribution in [0.3, 0.4) is 0 Å². The largest absolute Gasteiger partial charge is 0.465 e. The second-order valence-electron chi connectivity index (χ2n) is 5.47. The quantitative estimate of drug-likeness (QED) is 0.735. The SMILES string of the molecule is COC(=O)c1ccc(NC(=O)c2cc(-c3ccc(C)cc3)on2)cc1. The standard InChI is InChI=1S/C19H16N2O4/c1-12-3-5-13(6-4-12)17-11-16(21-25-17)18(22)20-15-9-7-14(8-10-15)19(23)24-2/h3-11H,1-2H3,(H,20,22). The molecule has 0 unspecified atom stereocenters. The zero-order chi connectivity index (χ0) is 17.8. The van der Waals surface area contributed by atoms with Crippen LogP contribution < -0.4 is 5.32 Å². The highest BCUT2D eigenvalue weighted by molar-refractivity contribution is 6.03. The molecule has 3 aromatic rings. The van der Waals surface area contributed by atoms with Crippen molar-refractivity contribution < 1.29 is 18.8 Å². The maximum atomic E-state index is 12.3. The smallest absolute Gasteiger partial charge is 0.337 e. The van der Waals surface area contributed by atoms with E-state index in [-0.39, 0.29) is 5.69 Å². The van der Waals surface area contributed by atoms with Gasteiger partial charge in [-0.2, -0.15) is 0 Å². The number of anilines is 1. The highest BCUT2D eigenvalue weighted by Gasteiger charge is 2.14. The minimum Gasteiger partial charge on any atom is -0.465 e. The summed E-state index contributed by atoms with van der Waals surface area (Å²) in [6.07, 6.45) is 0. The van der Waals surface area contributed by atoms with Crippen LogP contribution in [-0.2, 0) is 4.74 Å². The summed E-state index contributed by atoms with van der Waals surface area (Å²) in [5, 5.41) is 6.51. The molecule has 3 rings (SSSR count). The molecule has 1 aromatic heterocycles. The summed E-state index contributed by atoms with van der Waals surface area (Å²) < 4.78 is 9.87. The van der Waals surface area contributed by atoms with Crippen LogP contribution in [0, 0.1) is 6.92 Å². The minimum absolute atomic E-state index is 0.174. The summed E-state index contributed by atoms with van der Waals surface area (Å²) in [7, 11) is 1.31. The molecule has 0 spiro atoms. The van der Waals surface area contributed by atoms with Crippen molar-refractivity contribution in [3.8, 4) is 11.3 Å².